The van der Waals surface area contributed by atoms with Crippen LogP contribution >= 0.6 is 27.5 Å². The molecule has 0 unspecified atom stereocenters. The highest BCUT2D eigenvalue weighted by molar-refractivity contribution is 9.10. The number of hydrogen-bond acceptors (Lipinski definition) is 3. The van der Waals surface area contributed by atoms with Crippen LogP contribution in [0.4, 0.5) is 5.82 Å². The van der Waals surface area contributed by atoms with Gasteiger partial charge in [-0.2, -0.15) is 0 Å². The van der Waals surface area contributed by atoms with E-state index in [1.807, 2.05) is 0 Å². The lowest BCUT2D eigenvalue weighted by molar-refractivity contribution is 0.0696. The number of nitrogens with zero attached hydrogens (tertiary/aromatic N) is 1. The molecule has 0 bridgehead atoms. The van der Waals surface area contributed by atoms with Crippen LogP contribution in [0.25, 0.3) is 0 Å². The van der Waals surface area contributed by atoms with E-state index in [-0.39, 0.29) is 11.4 Å². The summed E-state index contributed by atoms with van der Waals surface area (Å²) in [5, 5.41) is 11.6. The second kappa shape index (κ2) is 6.02. The fraction of sp³-hybridized carbons (Fsp3) is 0. The number of halogens is 2. The number of anilines is 1. The number of aromatic nitrogens is 1. The summed E-state index contributed by atoms with van der Waals surface area (Å²) < 4.78 is 0.767. The minimum Gasteiger partial charge on any atom is -0.478 e. The number of carboxylic acid groups (broad SMARTS) is 1. The Morgan fingerprint density at radius 1 is 1.25 bits per heavy atom. The van der Waals surface area contributed by atoms with Crippen LogP contribution in [0, 0.1) is 0 Å². The molecule has 2 aromatic rings. The van der Waals surface area contributed by atoms with Crippen molar-refractivity contribution in [3.05, 3.63) is 57.2 Å². The summed E-state index contributed by atoms with van der Waals surface area (Å²) in [7, 11) is 0. The maximum atomic E-state index is 12.0. The highest BCUT2D eigenvalue weighted by Gasteiger charge is 2.12. The van der Waals surface area contributed by atoms with Crippen LogP contribution in [0.5, 0.6) is 0 Å². The third-order valence-corrected chi connectivity index (χ3v) is 3.23. The molecule has 1 amide bonds. The summed E-state index contributed by atoms with van der Waals surface area (Å²) >= 11 is 9.22. The average Bonchev–Trinajstić information content (AvgIpc) is 2.39. The summed E-state index contributed by atoms with van der Waals surface area (Å²) in [6.45, 7) is 0. The molecule has 102 valence electrons. The van der Waals surface area contributed by atoms with E-state index in [9.17, 15) is 9.59 Å². The molecule has 0 fully saturated rings. The van der Waals surface area contributed by atoms with Crippen LogP contribution in [0.15, 0.2) is 41.0 Å². The van der Waals surface area contributed by atoms with Crippen molar-refractivity contribution < 1.29 is 14.7 Å². The second-order valence-electron chi connectivity index (χ2n) is 3.82. The van der Waals surface area contributed by atoms with Gasteiger partial charge in [-0.1, -0.05) is 27.5 Å². The second-order valence-corrected chi connectivity index (χ2v) is 5.14. The van der Waals surface area contributed by atoms with Gasteiger partial charge in [0.2, 0.25) is 0 Å². The van der Waals surface area contributed by atoms with Crippen LogP contribution in [0.2, 0.25) is 5.02 Å². The lowest BCUT2D eigenvalue weighted by Crippen LogP contribution is -2.13. The molecule has 0 saturated carbocycles. The Kier molecular flexibility index (Phi) is 4.36. The average molecular weight is 356 g/mol. The van der Waals surface area contributed by atoms with Crippen LogP contribution in [0.3, 0.4) is 0 Å². The zero-order chi connectivity index (χ0) is 14.7. The zero-order valence-electron chi connectivity index (χ0n) is 9.93. The predicted octanol–water partition coefficient (Wildman–Crippen LogP) is 3.45. The van der Waals surface area contributed by atoms with Gasteiger partial charge >= 0.3 is 5.97 Å². The summed E-state index contributed by atoms with van der Waals surface area (Å²) in [4.78, 5) is 26.5. The largest absolute Gasteiger partial charge is 0.478 e. The van der Waals surface area contributed by atoms with Gasteiger partial charge in [-0.15, -0.1) is 0 Å². The molecule has 0 saturated heterocycles. The number of hydrogen-bond donors (Lipinski definition) is 2. The number of aromatic carboxylic acids is 1. The molecule has 20 heavy (non-hydrogen) atoms. The van der Waals surface area contributed by atoms with Crippen LogP contribution in [0.1, 0.15) is 20.7 Å². The minimum atomic E-state index is -1.08. The summed E-state index contributed by atoms with van der Waals surface area (Å²) in [6, 6.07) is 7.65. The Morgan fingerprint density at radius 3 is 2.55 bits per heavy atom. The van der Waals surface area contributed by atoms with Gasteiger partial charge < -0.3 is 10.4 Å². The molecule has 7 heteroatoms. The van der Waals surface area contributed by atoms with E-state index in [0.29, 0.717) is 10.6 Å². The molecule has 0 aliphatic rings. The molecule has 0 spiro atoms. The topological polar surface area (TPSA) is 79.3 Å². The van der Waals surface area contributed by atoms with Crippen LogP contribution < -0.4 is 5.32 Å². The molecule has 2 N–H and O–H groups in total. The first kappa shape index (κ1) is 14.5. The van der Waals surface area contributed by atoms with Crippen molar-refractivity contribution >= 4 is 45.2 Å². The first-order valence-corrected chi connectivity index (χ1v) is 6.60. The molecule has 1 aromatic heterocycles. The maximum absolute atomic E-state index is 12.0. The number of carboxylic acids is 1. The van der Waals surface area contributed by atoms with Gasteiger partial charge in [-0.05, 0) is 30.3 Å². The van der Waals surface area contributed by atoms with Gasteiger partial charge in [-0.25, -0.2) is 9.78 Å². The van der Waals surface area contributed by atoms with Crippen molar-refractivity contribution in [2.24, 2.45) is 0 Å². The van der Waals surface area contributed by atoms with E-state index < -0.39 is 11.9 Å². The molecule has 5 nitrogen and oxygen atoms in total. The molecule has 0 aliphatic carbocycles. The summed E-state index contributed by atoms with van der Waals surface area (Å²) in [5.41, 5.74) is 0.351. The standard InChI is InChI=1S/C13H8BrClN2O3/c14-8-2-3-9(10(15)5-8)12(18)17-11-4-1-7(6-16-11)13(19)20/h1-6H,(H,19,20)(H,16,17,18). The van der Waals surface area contributed by atoms with Gasteiger partial charge in [0.25, 0.3) is 5.91 Å². The Labute approximate surface area is 127 Å². The molecule has 0 atom stereocenters. The maximum Gasteiger partial charge on any atom is 0.337 e. The molecular formula is C13H8BrClN2O3. The van der Waals surface area contributed by atoms with Crippen molar-refractivity contribution in [2.75, 3.05) is 5.32 Å². The summed E-state index contributed by atoms with van der Waals surface area (Å²) in [5.74, 6) is -1.25. The lowest BCUT2D eigenvalue weighted by atomic mass is 10.2. The van der Waals surface area contributed by atoms with Crippen molar-refractivity contribution in [1.29, 1.82) is 0 Å². The lowest BCUT2D eigenvalue weighted by Gasteiger charge is -2.06. The number of rotatable bonds is 3. The van der Waals surface area contributed by atoms with Gasteiger partial charge in [-0.3, -0.25) is 4.79 Å². The molecule has 0 aliphatic heterocycles. The Hall–Kier alpha value is -1.92. The predicted molar refractivity (Wildman–Crippen MR) is 78.3 cm³/mol. The number of amides is 1. The smallest absolute Gasteiger partial charge is 0.337 e. The number of carbonyl (C=O) groups excluding carboxylic acids is 1. The van der Waals surface area contributed by atoms with Crippen LogP contribution in [-0.2, 0) is 0 Å². The molecule has 0 radical (unpaired) electrons. The molecular weight excluding hydrogens is 348 g/mol. The van der Waals surface area contributed by atoms with Gasteiger partial charge in [0.15, 0.2) is 0 Å². The van der Waals surface area contributed by atoms with Gasteiger partial charge in [0, 0.05) is 10.7 Å². The van der Waals surface area contributed by atoms with Gasteiger partial charge in [0.05, 0.1) is 16.1 Å². The first-order chi connectivity index (χ1) is 9.47. The summed E-state index contributed by atoms with van der Waals surface area (Å²) in [6.07, 6.45) is 1.17. The Morgan fingerprint density at radius 2 is 2.00 bits per heavy atom. The van der Waals surface area contributed by atoms with E-state index in [0.717, 1.165) is 4.47 Å². The third kappa shape index (κ3) is 3.34. The zero-order valence-corrected chi connectivity index (χ0v) is 12.3. The SMILES string of the molecule is O=C(O)c1ccc(NC(=O)c2ccc(Br)cc2Cl)nc1. The Bertz CT molecular complexity index is 674. The van der Waals surface area contributed by atoms with E-state index >= 15 is 0 Å². The monoisotopic (exact) mass is 354 g/mol. The highest BCUT2D eigenvalue weighted by atomic mass is 79.9. The quantitative estimate of drug-likeness (QED) is 0.884. The number of carbonyl (C=O) groups is 2. The van der Waals surface area contributed by atoms with E-state index in [2.05, 4.69) is 26.2 Å². The minimum absolute atomic E-state index is 0.0460. The van der Waals surface area contributed by atoms with Crippen molar-refractivity contribution in [2.45, 2.75) is 0 Å². The molecule has 1 heterocycles. The fourth-order valence-electron chi connectivity index (χ4n) is 1.45. The van der Waals surface area contributed by atoms with E-state index in [1.54, 1.807) is 18.2 Å². The number of pyridine rings is 1. The normalized spacial score (nSPS) is 10.1. The third-order valence-electron chi connectivity index (χ3n) is 2.43. The van der Waals surface area contributed by atoms with Crippen molar-refractivity contribution in [1.82, 2.24) is 4.98 Å². The number of nitrogens with one attached hydrogen (secondary N) is 1. The van der Waals surface area contributed by atoms with Crippen molar-refractivity contribution in [3.63, 3.8) is 0 Å². The number of benzene rings is 1. The van der Waals surface area contributed by atoms with Gasteiger partial charge in [0.1, 0.15) is 5.82 Å². The van der Waals surface area contributed by atoms with E-state index in [4.69, 9.17) is 16.7 Å². The highest BCUT2D eigenvalue weighted by Crippen LogP contribution is 2.22. The van der Waals surface area contributed by atoms with Crippen molar-refractivity contribution in [3.8, 4) is 0 Å². The fourth-order valence-corrected chi connectivity index (χ4v) is 2.21. The van der Waals surface area contributed by atoms with Crippen LogP contribution in [-0.4, -0.2) is 22.0 Å². The molecule has 2 rings (SSSR count). The molecule has 1 aromatic carbocycles. The first-order valence-electron chi connectivity index (χ1n) is 5.43. The van der Waals surface area contributed by atoms with E-state index in [1.165, 1.54) is 18.3 Å². The Balaban J connectivity index is 2.17.